The summed E-state index contributed by atoms with van der Waals surface area (Å²) in [6.45, 7) is 8.01. The van der Waals surface area contributed by atoms with Gasteiger partial charge in [-0.15, -0.1) is 0 Å². The van der Waals surface area contributed by atoms with Gasteiger partial charge in [0.05, 0.1) is 37.6 Å². The van der Waals surface area contributed by atoms with E-state index in [0.29, 0.717) is 74.7 Å². The molecule has 0 radical (unpaired) electrons. The van der Waals surface area contributed by atoms with Gasteiger partial charge in [0.25, 0.3) is 0 Å². The normalized spacial score (nSPS) is 11.7. The molecule has 0 fully saturated rings. The van der Waals surface area contributed by atoms with Crippen molar-refractivity contribution in [1.82, 2.24) is 0 Å². The van der Waals surface area contributed by atoms with Crippen LogP contribution < -0.4 is 18.9 Å². The minimum atomic E-state index is -0.909. The molecule has 54 heavy (non-hydrogen) atoms. The summed E-state index contributed by atoms with van der Waals surface area (Å²) in [6, 6.07) is 19.1. The molecule has 3 aromatic rings. The van der Waals surface area contributed by atoms with Crippen molar-refractivity contribution in [3.63, 3.8) is 0 Å². The molecule has 2 unspecified atom stereocenters. The number of aliphatic hydroxyl groups excluding tert-OH is 2. The highest BCUT2D eigenvalue weighted by Gasteiger charge is 2.13. The lowest BCUT2D eigenvalue weighted by atomic mass is 10.2. The molecule has 0 aliphatic carbocycles. The van der Waals surface area contributed by atoms with Crippen molar-refractivity contribution in [2.75, 3.05) is 52.9 Å². The molecule has 14 heteroatoms. The van der Waals surface area contributed by atoms with Crippen LogP contribution >= 0.6 is 0 Å². The molecule has 0 spiro atoms. The largest absolute Gasteiger partial charge is 0.494 e. The second kappa shape index (κ2) is 24.7. The molecule has 290 valence electrons. The standard InChI is InChI=1S/C40H46O14/c1-3-37(43)51-27-31(41)25-47-21-5-7-23-49-33-13-9-29(10-14-33)39(45)53-35-17-19-36(20-18-35)54-40(46)30-11-15-34(16-12-30)50-24-8-6-22-48-26-32(42)28-52-38(44)4-2/h3-4,9-20,31-32,41-42H,1-2,5-8,21-28H2. The predicted octanol–water partition coefficient (Wildman–Crippen LogP) is 4.66. The van der Waals surface area contributed by atoms with Crippen LogP contribution in [0.2, 0.25) is 0 Å². The second-order valence-corrected chi connectivity index (χ2v) is 11.5. The van der Waals surface area contributed by atoms with Crippen molar-refractivity contribution in [3.05, 3.63) is 109 Å². The monoisotopic (exact) mass is 750 g/mol. The molecule has 2 atom stereocenters. The van der Waals surface area contributed by atoms with Crippen LogP contribution in [0.1, 0.15) is 46.4 Å². The summed E-state index contributed by atoms with van der Waals surface area (Å²) in [6.07, 6.45) is 3.02. The number of hydrogen-bond acceptors (Lipinski definition) is 14. The Labute approximate surface area is 313 Å². The molecule has 0 aromatic heterocycles. The quantitative estimate of drug-likeness (QED) is 0.0500. The number of aliphatic hydroxyl groups is 2. The van der Waals surface area contributed by atoms with Crippen molar-refractivity contribution in [2.45, 2.75) is 37.9 Å². The van der Waals surface area contributed by atoms with Gasteiger partial charge >= 0.3 is 23.9 Å². The summed E-state index contributed by atoms with van der Waals surface area (Å²) in [5.41, 5.74) is 0.645. The maximum absolute atomic E-state index is 12.6. The van der Waals surface area contributed by atoms with E-state index >= 15 is 0 Å². The summed E-state index contributed by atoms with van der Waals surface area (Å²) in [5, 5.41) is 19.4. The maximum atomic E-state index is 12.6. The number of carbonyl (C=O) groups is 4. The molecular formula is C40H46O14. The Hall–Kier alpha value is -5.54. The zero-order valence-electron chi connectivity index (χ0n) is 29.9. The van der Waals surface area contributed by atoms with Gasteiger partial charge in [-0.2, -0.15) is 0 Å². The van der Waals surface area contributed by atoms with E-state index in [1.165, 1.54) is 24.3 Å². The number of benzene rings is 3. The molecular weight excluding hydrogens is 704 g/mol. The molecule has 0 saturated heterocycles. The summed E-state index contributed by atoms with van der Waals surface area (Å²) in [7, 11) is 0. The van der Waals surface area contributed by atoms with Crippen molar-refractivity contribution in [2.24, 2.45) is 0 Å². The Bertz CT molecular complexity index is 1480. The molecule has 14 nitrogen and oxygen atoms in total. The average Bonchev–Trinajstić information content (AvgIpc) is 3.19. The average molecular weight is 751 g/mol. The third kappa shape index (κ3) is 17.3. The zero-order valence-corrected chi connectivity index (χ0v) is 29.9. The highest BCUT2D eigenvalue weighted by molar-refractivity contribution is 5.92. The summed E-state index contributed by atoms with van der Waals surface area (Å²) in [4.78, 5) is 47.3. The van der Waals surface area contributed by atoms with Gasteiger partial charge in [-0.1, -0.05) is 13.2 Å². The number of unbranched alkanes of at least 4 members (excludes halogenated alkanes) is 2. The van der Waals surface area contributed by atoms with Crippen molar-refractivity contribution in [3.8, 4) is 23.0 Å². The van der Waals surface area contributed by atoms with Crippen molar-refractivity contribution < 1.29 is 67.3 Å². The smallest absolute Gasteiger partial charge is 0.343 e. The van der Waals surface area contributed by atoms with Gasteiger partial charge in [-0.05, 0) is 98.5 Å². The molecule has 0 aliphatic rings. The Balaban J connectivity index is 1.28. The van der Waals surface area contributed by atoms with E-state index < -0.39 is 36.1 Å². The Kier molecular flexibility index (Phi) is 19.6. The van der Waals surface area contributed by atoms with Gasteiger partial charge in [0.1, 0.15) is 48.4 Å². The molecule has 0 bridgehead atoms. The van der Waals surface area contributed by atoms with E-state index in [1.54, 1.807) is 48.5 Å². The maximum Gasteiger partial charge on any atom is 0.343 e. The molecule has 3 aromatic carbocycles. The van der Waals surface area contributed by atoms with E-state index in [4.69, 9.17) is 37.9 Å². The Morgan fingerprint density at radius 3 is 1.19 bits per heavy atom. The summed E-state index contributed by atoms with van der Waals surface area (Å²) in [5.74, 6) is -0.639. The number of hydrogen-bond donors (Lipinski definition) is 2. The lowest BCUT2D eigenvalue weighted by molar-refractivity contribution is -0.142. The first-order valence-electron chi connectivity index (χ1n) is 17.3. The summed E-state index contributed by atoms with van der Waals surface area (Å²) < 4.78 is 42.5. The van der Waals surface area contributed by atoms with Gasteiger partial charge in [-0.3, -0.25) is 0 Å². The zero-order chi connectivity index (χ0) is 39.0. The minimum Gasteiger partial charge on any atom is -0.494 e. The van der Waals surface area contributed by atoms with Gasteiger partial charge in [-0.25, -0.2) is 19.2 Å². The summed E-state index contributed by atoms with van der Waals surface area (Å²) >= 11 is 0. The molecule has 0 amide bonds. The van der Waals surface area contributed by atoms with Crippen molar-refractivity contribution >= 4 is 23.9 Å². The van der Waals surface area contributed by atoms with E-state index in [-0.39, 0.29) is 37.9 Å². The fourth-order valence-electron chi connectivity index (χ4n) is 4.28. The van der Waals surface area contributed by atoms with Crippen LogP contribution in [0.5, 0.6) is 23.0 Å². The Morgan fingerprint density at radius 2 is 0.833 bits per heavy atom. The van der Waals surface area contributed by atoms with Gasteiger partial charge in [0.2, 0.25) is 0 Å². The van der Waals surface area contributed by atoms with Crippen LogP contribution in [0.15, 0.2) is 98.1 Å². The van der Waals surface area contributed by atoms with Crippen LogP contribution in [0, 0.1) is 0 Å². The molecule has 0 heterocycles. The highest BCUT2D eigenvalue weighted by atomic mass is 16.6. The number of rotatable bonds is 26. The van der Waals surface area contributed by atoms with Crippen LogP contribution in [-0.2, 0) is 28.5 Å². The lowest BCUT2D eigenvalue weighted by Crippen LogP contribution is -2.23. The van der Waals surface area contributed by atoms with Crippen molar-refractivity contribution in [1.29, 1.82) is 0 Å². The number of carbonyl (C=O) groups excluding carboxylic acids is 4. The van der Waals surface area contributed by atoms with Gasteiger partial charge < -0.3 is 48.1 Å². The second-order valence-electron chi connectivity index (χ2n) is 11.5. The Morgan fingerprint density at radius 1 is 0.500 bits per heavy atom. The third-order valence-electron chi connectivity index (χ3n) is 7.12. The fraction of sp³-hybridized carbons (Fsp3) is 0.350. The van der Waals surface area contributed by atoms with E-state index in [2.05, 4.69) is 13.2 Å². The van der Waals surface area contributed by atoms with Gasteiger partial charge in [0.15, 0.2) is 0 Å². The van der Waals surface area contributed by atoms with E-state index in [1.807, 2.05) is 0 Å². The molecule has 0 saturated carbocycles. The van der Waals surface area contributed by atoms with Crippen LogP contribution in [-0.4, -0.2) is 99.2 Å². The third-order valence-corrected chi connectivity index (χ3v) is 7.12. The molecule has 3 rings (SSSR count). The van der Waals surface area contributed by atoms with Gasteiger partial charge in [0, 0.05) is 25.4 Å². The topological polar surface area (TPSA) is 183 Å². The van der Waals surface area contributed by atoms with Crippen LogP contribution in [0.25, 0.3) is 0 Å². The van der Waals surface area contributed by atoms with E-state index in [0.717, 1.165) is 12.2 Å². The van der Waals surface area contributed by atoms with Crippen LogP contribution in [0.3, 0.4) is 0 Å². The molecule has 0 aliphatic heterocycles. The van der Waals surface area contributed by atoms with Crippen LogP contribution in [0.4, 0.5) is 0 Å². The SMILES string of the molecule is C=CC(=O)OCC(O)COCCCCOc1ccc(C(=O)Oc2ccc(OC(=O)c3ccc(OCCCCOCC(O)COC(=O)C=C)cc3)cc2)cc1. The minimum absolute atomic E-state index is 0.0467. The molecule has 2 N–H and O–H groups in total. The first kappa shape index (κ1) is 42.9. The fourth-order valence-corrected chi connectivity index (χ4v) is 4.28. The van der Waals surface area contributed by atoms with E-state index in [9.17, 15) is 29.4 Å². The first-order valence-corrected chi connectivity index (χ1v) is 17.3. The highest BCUT2D eigenvalue weighted by Crippen LogP contribution is 2.21. The lowest BCUT2D eigenvalue weighted by Gasteiger charge is -2.11. The number of esters is 4. The number of ether oxygens (including phenoxy) is 8. The first-order chi connectivity index (χ1) is 26.2. The predicted molar refractivity (Wildman–Crippen MR) is 195 cm³/mol.